The molecule has 1 rings (SSSR count). The van der Waals surface area contributed by atoms with Gasteiger partial charge in [0.15, 0.2) is 0 Å². The van der Waals surface area contributed by atoms with Crippen molar-refractivity contribution in [1.29, 1.82) is 0 Å². The van der Waals surface area contributed by atoms with Crippen LogP contribution in [-0.2, 0) is 4.79 Å². The maximum atomic E-state index is 12.1. The molecule has 0 unspecified atom stereocenters. The Morgan fingerprint density at radius 2 is 1.94 bits per heavy atom. The molecule has 0 fully saturated rings. The van der Waals surface area contributed by atoms with Crippen LogP contribution in [0.15, 0.2) is 24.3 Å². The topological polar surface area (TPSA) is 46.3 Å². The number of para-hydroxylation sites is 1. The highest BCUT2D eigenvalue weighted by Crippen LogP contribution is 2.24. The smallest absolute Gasteiger partial charge is 0.389 e. The Labute approximate surface area is 107 Å². The van der Waals surface area contributed by atoms with Gasteiger partial charge in [0.2, 0.25) is 5.91 Å². The molecule has 1 amide bonds. The lowest BCUT2D eigenvalue weighted by Crippen LogP contribution is -2.32. The van der Waals surface area contributed by atoms with Gasteiger partial charge in [-0.15, -0.1) is 0 Å². The third-order valence-electron chi connectivity index (χ3n) is 2.26. The number of nitrogens with zero attached hydrogens (tertiary/aromatic N) is 1. The number of anilines is 1. The Hall–Kier alpha value is -1.63. The summed E-state index contributed by atoms with van der Waals surface area (Å²) in [4.78, 5) is 12.4. The number of hydrogen-bond acceptors (Lipinski definition) is 2. The molecular formula is C11H11F3N2OS. The molecule has 0 saturated heterocycles. The van der Waals surface area contributed by atoms with Crippen molar-refractivity contribution in [2.75, 3.05) is 11.9 Å². The number of hydrogen-bond donors (Lipinski definition) is 1. The summed E-state index contributed by atoms with van der Waals surface area (Å²) in [6, 6.07) is 6.27. The van der Waals surface area contributed by atoms with Gasteiger partial charge in [-0.25, -0.2) is 0 Å². The molecule has 0 aromatic heterocycles. The number of rotatable bonds is 3. The van der Waals surface area contributed by atoms with Gasteiger partial charge in [-0.2, -0.15) is 13.2 Å². The van der Waals surface area contributed by atoms with Crippen molar-refractivity contribution in [3.05, 3.63) is 29.8 Å². The van der Waals surface area contributed by atoms with Crippen LogP contribution < -0.4 is 10.6 Å². The Bertz CT molecular complexity index is 474. The Morgan fingerprint density at radius 3 is 2.44 bits per heavy atom. The van der Waals surface area contributed by atoms with E-state index in [4.69, 9.17) is 18.0 Å². The molecule has 0 saturated carbocycles. The third kappa shape index (κ3) is 3.69. The molecule has 0 bridgehead atoms. The van der Waals surface area contributed by atoms with Crippen LogP contribution in [0, 0.1) is 0 Å². The molecule has 0 aliphatic heterocycles. The fourth-order valence-corrected chi connectivity index (χ4v) is 1.57. The van der Waals surface area contributed by atoms with Gasteiger partial charge >= 0.3 is 6.18 Å². The summed E-state index contributed by atoms with van der Waals surface area (Å²) in [6.07, 6.45) is -6.06. The number of halogens is 3. The minimum Gasteiger partial charge on any atom is -0.389 e. The standard InChI is InChI=1S/C11H11F3N2OS/c1-16(9(17)6-11(12,13)14)8-5-3-2-4-7(8)10(15)18/h2-5H,6H2,1H3,(H2,15,18). The first kappa shape index (κ1) is 14.4. The lowest BCUT2D eigenvalue weighted by Gasteiger charge is -2.20. The van der Waals surface area contributed by atoms with Crippen LogP contribution >= 0.6 is 12.2 Å². The second-order valence-electron chi connectivity index (χ2n) is 3.63. The number of alkyl halides is 3. The first-order valence-corrected chi connectivity index (χ1v) is 5.35. The van der Waals surface area contributed by atoms with Crippen LogP contribution in [0.3, 0.4) is 0 Å². The first-order chi connectivity index (χ1) is 8.22. The zero-order valence-electron chi connectivity index (χ0n) is 9.49. The molecule has 0 atom stereocenters. The van der Waals surface area contributed by atoms with Crippen molar-refractivity contribution < 1.29 is 18.0 Å². The number of nitrogens with two attached hydrogens (primary N) is 1. The van der Waals surface area contributed by atoms with Crippen molar-refractivity contribution in [2.24, 2.45) is 5.73 Å². The summed E-state index contributed by atoms with van der Waals surface area (Å²) in [5.74, 6) is -1.06. The molecule has 0 aliphatic carbocycles. The number of carbonyl (C=O) groups is 1. The molecule has 1 aromatic carbocycles. The van der Waals surface area contributed by atoms with E-state index in [2.05, 4.69) is 0 Å². The minimum atomic E-state index is -4.54. The van der Waals surface area contributed by atoms with E-state index in [-0.39, 0.29) is 10.7 Å². The van der Waals surface area contributed by atoms with Gasteiger partial charge in [-0.1, -0.05) is 24.4 Å². The summed E-state index contributed by atoms with van der Waals surface area (Å²) in [7, 11) is 1.26. The normalized spacial score (nSPS) is 11.1. The Morgan fingerprint density at radius 1 is 1.39 bits per heavy atom. The average Bonchev–Trinajstić information content (AvgIpc) is 2.25. The summed E-state index contributed by atoms with van der Waals surface area (Å²) < 4.78 is 36.4. The van der Waals surface area contributed by atoms with Gasteiger partial charge in [-0.3, -0.25) is 4.79 Å². The lowest BCUT2D eigenvalue weighted by atomic mass is 10.1. The molecule has 18 heavy (non-hydrogen) atoms. The molecular weight excluding hydrogens is 265 g/mol. The maximum Gasteiger partial charge on any atom is 0.397 e. The van der Waals surface area contributed by atoms with E-state index in [9.17, 15) is 18.0 Å². The SMILES string of the molecule is CN(C(=O)CC(F)(F)F)c1ccccc1C(N)=S. The summed E-state index contributed by atoms with van der Waals surface area (Å²) in [5, 5.41) is 0. The van der Waals surface area contributed by atoms with Crippen LogP contribution in [0.5, 0.6) is 0 Å². The first-order valence-electron chi connectivity index (χ1n) is 4.94. The number of benzene rings is 1. The highest BCUT2D eigenvalue weighted by atomic mass is 32.1. The van der Waals surface area contributed by atoms with E-state index in [0.717, 1.165) is 4.90 Å². The zero-order valence-corrected chi connectivity index (χ0v) is 10.3. The van der Waals surface area contributed by atoms with Crippen molar-refractivity contribution >= 4 is 28.8 Å². The molecule has 2 N–H and O–H groups in total. The van der Waals surface area contributed by atoms with Crippen molar-refractivity contribution in [1.82, 2.24) is 0 Å². The van der Waals surface area contributed by atoms with Gasteiger partial charge in [0, 0.05) is 12.6 Å². The fraction of sp³-hybridized carbons (Fsp3) is 0.273. The van der Waals surface area contributed by atoms with Gasteiger partial charge < -0.3 is 10.6 Å². The van der Waals surface area contributed by atoms with Crippen LogP contribution in [0.1, 0.15) is 12.0 Å². The second-order valence-corrected chi connectivity index (χ2v) is 4.07. The van der Waals surface area contributed by atoms with Gasteiger partial charge in [0.05, 0.1) is 5.69 Å². The Kier molecular flexibility index (Phi) is 4.28. The molecule has 3 nitrogen and oxygen atoms in total. The summed E-state index contributed by atoms with van der Waals surface area (Å²) in [5.41, 5.74) is 6.08. The average molecular weight is 276 g/mol. The minimum absolute atomic E-state index is 0.0252. The van der Waals surface area contributed by atoms with Gasteiger partial charge in [0.1, 0.15) is 11.4 Å². The van der Waals surface area contributed by atoms with Crippen LogP contribution in [0.25, 0.3) is 0 Å². The van der Waals surface area contributed by atoms with Crippen LogP contribution in [0.2, 0.25) is 0 Å². The molecule has 1 aromatic rings. The van der Waals surface area contributed by atoms with E-state index in [0.29, 0.717) is 5.56 Å². The molecule has 98 valence electrons. The predicted molar refractivity (Wildman–Crippen MR) is 66.4 cm³/mol. The van der Waals surface area contributed by atoms with Gasteiger partial charge in [-0.05, 0) is 12.1 Å². The molecule has 0 aliphatic rings. The largest absolute Gasteiger partial charge is 0.397 e. The third-order valence-corrected chi connectivity index (χ3v) is 2.48. The number of thiocarbonyl (C=S) groups is 1. The highest BCUT2D eigenvalue weighted by Gasteiger charge is 2.33. The van der Waals surface area contributed by atoms with Crippen molar-refractivity contribution in [3.63, 3.8) is 0 Å². The van der Waals surface area contributed by atoms with Crippen LogP contribution in [0.4, 0.5) is 18.9 Å². The predicted octanol–water partition coefficient (Wildman–Crippen LogP) is 2.24. The monoisotopic (exact) mass is 276 g/mol. The lowest BCUT2D eigenvalue weighted by molar-refractivity contribution is -0.151. The quantitative estimate of drug-likeness (QED) is 0.861. The Balaban J connectivity index is 3.00. The highest BCUT2D eigenvalue weighted by molar-refractivity contribution is 7.80. The van der Waals surface area contributed by atoms with E-state index < -0.39 is 18.5 Å². The zero-order chi connectivity index (χ0) is 13.9. The number of amides is 1. The molecule has 0 radical (unpaired) electrons. The van der Waals surface area contributed by atoms with E-state index in [1.54, 1.807) is 18.2 Å². The fourth-order valence-electron chi connectivity index (χ4n) is 1.40. The van der Waals surface area contributed by atoms with E-state index in [1.165, 1.54) is 13.1 Å². The molecule has 0 heterocycles. The summed E-state index contributed by atoms with van der Waals surface area (Å²) >= 11 is 4.78. The van der Waals surface area contributed by atoms with Crippen molar-refractivity contribution in [3.8, 4) is 0 Å². The van der Waals surface area contributed by atoms with Crippen molar-refractivity contribution in [2.45, 2.75) is 12.6 Å². The van der Waals surface area contributed by atoms with E-state index >= 15 is 0 Å². The van der Waals surface area contributed by atoms with E-state index in [1.807, 2.05) is 0 Å². The molecule has 7 heteroatoms. The number of carbonyl (C=O) groups excluding carboxylic acids is 1. The maximum absolute atomic E-state index is 12.1. The van der Waals surface area contributed by atoms with Gasteiger partial charge in [0.25, 0.3) is 0 Å². The van der Waals surface area contributed by atoms with Crippen LogP contribution in [-0.4, -0.2) is 24.1 Å². The second kappa shape index (κ2) is 5.34. The summed E-state index contributed by atoms with van der Waals surface area (Å²) in [6.45, 7) is 0. The molecule has 0 spiro atoms.